The van der Waals surface area contributed by atoms with Gasteiger partial charge in [-0.25, -0.2) is 4.39 Å². The molecule has 11 heteroatoms. The molecule has 108 valence electrons. The summed E-state index contributed by atoms with van der Waals surface area (Å²) in [6.07, 6.45) is 2.71. The van der Waals surface area contributed by atoms with Crippen LogP contribution in [0.4, 0.5) is 10.1 Å². The van der Waals surface area contributed by atoms with Crippen molar-refractivity contribution in [3.63, 3.8) is 0 Å². The Bertz CT molecular complexity index is 830. The fourth-order valence-corrected chi connectivity index (χ4v) is 1.67. The van der Waals surface area contributed by atoms with Crippen molar-refractivity contribution in [2.24, 2.45) is 0 Å². The SMILES string of the molecule is N#CC(=CNc1cc(F)ccc1-n1cnnn1)c1nn[nH]n1. The van der Waals surface area contributed by atoms with E-state index in [9.17, 15) is 4.39 Å². The van der Waals surface area contributed by atoms with Crippen molar-refractivity contribution in [1.29, 1.82) is 5.26 Å². The Morgan fingerprint density at radius 2 is 2.36 bits per heavy atom. The molecule has 0 unspecified atom stereocenters. The molecular formula is C11H7FN10. The average Bonchev–Trinajstić information content (AvgIpc) is 3.21. The molecule has 0 radical (unpaired) electrons. The number of nitriles is 1. The van der Waals surface area contributed by atoms with E-state index in [-0.39, 0.29) is 11.4 Å². The van der Waals surface area contributed by atoms with Gasteiger partial charge in [-0.3, -0.25) is 0 Å². The number of H-pyrrole nitrogens is 1. The summed E-state index contributed by atoms with van der Waals surface area (Å²) in [7, 11) is 0. The third-order valence-corrected chi connectivity index (χ3v) is 2.63. The number of nitrogens with one attached hydrogen (secondary N) is 2. The molecule has 1 aromatic carbocycles. The second-order valence-electron chi connectivity index (χ2n) is 3.97. The van der Waals surface area contributed by atoms with E-state index in [2.05, 4.69) is 41.5 Å². The van der Waals surface area contributed by atoms with Crippen LogP contribution in [-0.2, 0) is 0 Å². The maximum Gasteiger partial charge on any atom is 0.216 e. The molecule has 0 aliphatic heterocycles. The highest BCUT2D eigenvalue weighted by Crippen LogP contribution is 2.21. The van der Waals surface area contributed by atoms with Gasteiger partial charge in [0.2, 0.25) is 5.82 Å². The Balaban J connectivity index is 1.95. The summed E-state index contributed by atoms with van der Waals surface area (Å²) < 4.78 is 14.8. The highest BCUT2D eigenvalue weighted by Gasteiger charge is 2.09. The first-order valence-electron chi connectivity index (χ1n) is 5.91. The van der Waals surface area contributed by atoms with Crippen LogP contribution >= 0.6 is 0 Å². The summed E-state index contributed by atoms with van der Waals surface area (Å²) >= 11 is 0. The van der Waals surface area contributed by atoms with Crippen molar-refractivity contribution in [3.05, 3.63) is 42.4 Å². The van der Waals surface area contributed by atoms with Crippen LogP contribution in [-0.4, -0.2) is 40.8 Å². The largest absolute Gasteiger partial charge is 0.358 e. The zero-order valence-corrected chi connectivity index (χ0v) is 10.8. The van der Waals surface area contributed by atoms with Crippen molar-refractivity contribution in [2.45, 2.75) is 0 Å². The van der Waals surface area contributed by atoms with Gasteiger partial charge in [0.05, 0.1) is 11.4 Å². The van der Waals surface area contributed by atoms with Gasteiger partial charge in [0, 0.05) is 6.20 Å². The maximum atomic E-state index is 13.4. The van der Waals surface area contributed by atoms with Crippen molar-refractivity contribution < 1.29 is 4.39 Å². The van der Waals surface area contributed by atoms with E-state index in [4.69, 9.17) is 5.26 Å². The molecule has 10 nitrogen and oxygen atoms in total. The first-order chi connectivity index (χ1) is 10.8. The van der Waals surface area contributed by atoms with E-state index < -0.39 is 5.82 Å². The summed E-state index contributed by atoms with van der Waals surface area (Å²) in [5.41, 5.74) is 0.997. The first-order valence-corrected chi connectivity index (χ1v) is 5.91. The van der Waals surface area contributed by atoms with Gasteiger partial charge in [-0.15, -0.1) is 15.3 Å². The molecule has 0 atom stereocenters. The van der Waals surface area contributed by atoms with Crippen LogP contribution < -0.4 is 5.32 Å². The van der Waals surface area contributed by atoms with Gasteiger partial charge in [0.15, 0.2) is 0 Å². The number of hydrogen-bond acceptors (Lipinski definition) is 8. The molecule has 0 bridgehead atoms. The Hall–Kier alpha value is -3.68. The predicted octanol–water partition coefficient (Wildman–Crippen LogP) is 0.291. The lowest BCUT2D eigenvalue weighted by Gasteiger charge is -2.08. The van der Waals surface area contributed by atoms with Gasteiger partial charge in [0.25, 0.3) is 0 Å². The molecule has 2 aromatic heterocycles. The quantitative estimate of drug-likeness (QED) is 0.656. The Morgan fingerprint density at radius 1 is 1.45 bits per heavy atom. The predicted molar refractivity (Wildman–Crippen MR) is 70.5 cm³/mol. The number of aromatic nitrogens is 8. The first kappa shape index (κ1) is 13.3. The summed E-state index contributed by atoms with van der Waals surface area (Å²) in [6, 6.07) is 5.94. The number of benzene rings is 1. The zero-order valence-electron chi connectivity index (χ0n) is 10.8. The van der Waals surface area contributed by atoms with Gasteiger partial charge in [-0.05, 0) is 33.8 Å². The fraction of sp³-hybridized carbons (Fsp3) is 0. The summed E-state index contributed by atoms with van der Waals surface area (Å²) in [4.78, 5) is 0. The van der Waals surface area contributed by atoms with Gasteiger partial charge < -0.3 is 5.32 Å². The normalized spacial score (nSPS) is 11.2. The summed E-state index contributed by atoms with van der Waals surface area (Å²) in [5.74, 6) is -0.332. The molecule has 3 rings (SSSR count). The lowest BCUT2D eigenvalue weighted by atomic mass is 10.2. The molecular weight excluding hydrogens is 291 g/mol. The Labute approximate surface area is 122 Å². The molecule has 2 heterocycles. The molecule has 0 amide bonds. The molecule has 0 fully saturated rings. The third kappa shape index (κ3) is 2.61. The minimum atomic E-state index is -0.453. The number of halogens is 1. The van der Waals surface area contributed by atoms with Crippen molar-refractivity contribution >= 4 is 11.3 Å². The van der Waals surface area contributed by atoms with Crippen LogP contribution in [0.3, 0.4) is 0 Å². The van der Waals surface area contributed by atoms with Crippen molar-refractivity contribution in [2.75, 3.05) is 5.32 Å². The van der Waals surface area contributed by atoms with E-state index in [1.807, 2.05) is 6.07 Å². The van der Waals surface area contributed by atoms with Gasteiger partial charge in [-0.1, -0.05) is 0 Å². The number of nitrogens with zero attached hydrogens (tertiary/aromatic N) is 8. The molecule has 3 aromatic rings. The average molecular weight is 298 g/mol. The van der Waals surface area contributed by atoms with Crippen LogP contribution in [0.15, 0.2) is 30.7 Å². The van der Waals surface area contributed by atoms with Crippen LogP contribution in [0.5, 0.6) is 0 Å². The number of allylic oxidation sites excluding steroid dienone is 1. The standard InChI is InChI=1S/C11H7FN10/c12-8-1-2-10(22-6-15-18-21-22)9(3-8)14-5-7(4-13)11-16-19-20-17-11/h1-3,5-6,14H,(H,16,17,19,20). The van der Waals surface area contributed by atoms with E-state index >= 15 is 0 Å². The summed E-state index contributed by atoms with van der Waals surface area (Å²) in [6.45, 7) is 0. The molecule has 0 spiro atoms. The van der Waals surface area contributed by atoms with Crippen LogP contribution in [0, 0.1) is 17.1 Å². The van der Waals surface area contributed by atoms with Gasteiger partial charge >= 0.3 is 0 Å². The molecule has 0 saturated carbocycles. The van der Waals surface area contributed by atoms with E-state index in [1.165, 1.54) is 35.4 Å². The third-order valence-electron chi connectivity index (χ3n) is 2.63. The van der Waals surface area contributed by atoms with Crippen molar-refractivity contribution in [3.8, 4) is 11.8 Å². The molecule has 0 aliphatic rings. The number of hydrogen-bond donors (Lipinski definition) is 2. The molecule has 22 heavy (non-hydrogen) atoms. The monoisotopic (exact) mass is 298 g/mol. The number of tetrazole rings is 2. The molecule has 0 saturated heterocycles. The van der Waals surface area contributed by atoms with Gasteiger partial charge in [-0.2, -0.15) is 15.2 Å². The van der Waals surface area contributed by atoms with E-state index in [0.717, 1.165) is 0 Å². The Morgan fingerprint density at radius 3 is 3.05 bits per heavy atom. The fourth-order valence-electron chi connectivity index (χ4n) is 1.67. The van der Waals surface area contributed by atoms with Crippen LogP contribution in [0.25, 0.3) is 11.3 Å². The highest BCUT2D eigenvalue weighted by molar-refractivity contribution is 5.75. The van der Waals surface area contributed by atoms with E-state index in [1.54, 1.807) is 0 Å². The van der Waals surface area contributed by atoms with Crippen LogP contribution in [0.2, 0.25) is 0 Å². The lowest BCUT2D eigenvalue weighted by Crippen LogP contribution is -2.02. The molecule has 2 N–H and O–H groups in total. The van der Waals surface area contributed by atoms with Crippen molar-refractivity contribution in [1.82, 2.24) is 40.8 Å². The Kier molecular flexibility index (Phi) is 3.48. The number of anilines is 1. The van der Waals surface area contributed by atoms with Crippen LogP contribution in [0.1, 0.15) is 5.82 Å². The lowest BCUT2D eigenvalue weighted by molar-refractivity contribution is 0.627. The zero-order chi connectivity index (χ0) is 15.4. The molecule has 0 aliphatic carbocycles. The number of aromatic amines is 1. The highest BCUT2D eigenvalue weighted by atomic mass is 19.1. The van der Waals surface area contributed by atoms with Gasteiger partial charge in [0.1, 0.15) is 23.8 Å². The minimum absolute atomic E-state index is 0.121. The topological polar surface area (TPSA) is 134 Å². The smallest absolute Gasteiger partial charge is 0.216 e. The minimum Gasteiger partial charge on any atom is -0.358 e. The maximum absolute atomic E-state index is 13.4. The summed E-state index contributed by atoms with van der Waals surface area (Å²) in [5, 5.41) is 35.7. The second kappa shape index (κ2) is 5.75. The second-order valence-corrected chi connectivity index (χ2v) is 3.97. The van der Waals surface area contributed by atoms with E-state index in [0.29, 0.717) is 11.4 Å². The number of rotatable bonds is 4.